The molecule has 2 heterocycles. The van der Waals surface area contributed by atoms with Crippen LogP contribution in [0.1, 0.15) is 27.6 Å². The first kappa shape index (κ1) is 35.2. The molecule has 268 valence electrons. The van der Waals surface area contributed by atoms with Crippen molar-refractivity contribution in [3.05, 3.63) is 143 Å². The van der Waals surface area contributed by atoms with Crippen LogP contribution in [0.15, 0.2) is 146 Å². The second-order valence-corrected chi connectivity index (χ2v) is 13.4. The van der Waals surface area contributed by atoms with Gasteiger partial charge in [-0.1, -0.05) is 42.5 Å². The number of anilines is 2. The number of rotatable bonds is 9. The number of amides is 2. The van der Waals surface area contributed by atoms with Crippen LogP contribution in [-0.4, -0.2) is 57.2 Å². The monoisotopic (exact) mass is 741 g/mol. The number of carbonyl (C=O) groups excluding carboxylic acids is 2. The van der Waals surface area contributed by atoms with Crippen LogP contribution in [0.5, 0.6) is 0 Å². The highest BCUT2D eigenvalue weighted by Gasteiger charge is 2.35. The number of azo groups is 1. The first-order chi connectivity index (χ1) is 25.9. The van der Waals surface area contributed by atoms with Gasteiger partial charge in [0.1, 0.15) is 10.7 Å². The largest absolute Gasteiger partial charge is 0.478 e. The summed E-state index contributed by atoms with van der Waals surface area (Å²) in [5.41, 5.74) is 2.24. The van der Waals surface area contributed by atoms with Gasteiger partial charge in [-0.25, -0.2) is 9.78 Å². The number of nitrogens with zero attached hydrogens (tertiary/aromatic N) is 6. The van der Waals surface area contributed by atoms with Crippen LogP contribution in [0.2, 0.25) is 0 Å². The summed E-state index contributed by atoms with van der Waals surface area (Å²) in [4.78, 5) is 55.5. The summed E-state index contributed by atoms with van der Waals surface area (Å²) in [5, 5.41) is 26.0. The van der Waals surface area contributed by atoms with Gasteiger partial charge in [0.05, 0.1) is 39.2 Å². The standard InChI is InChI=1S/C38H27N7O8S/c1-22-33(37(48)45(43-22)28-19-20-32(54(51,52)53)30(21-28)38(49)50)42-41-26-13-11-24(12-14-26)35(46)39-25-15-17-27(18-16-25)44-34(23-7-3-2-4-8-23)40-31-10-6-5-9-29(31)36(44)47/h2-21,33H,1H3,(H,39,46)(H,49,50)(H,51,52,53). The van der Waals surface area contributed by atoms with E-state index < -0.39 is 44.4 Å². The lowest BCUT2D eigenvalue weighted by Crippen LogP contribution is -2.30. The maximum absolute atomic E-state index is 13.7. The van der Waals surface area contributed by atoms with Crippen LogP contribution in [0.4, 0.5) is 17.1 Å². The van der Waals surface area contributed by atoms with Crippen LogP contribution < -0.4 is 15.9 Å². The molecule has 0 aliphatic carbocycles. The number of hydrazone groups is 1. The number of para-hydroxylation sites is 1. The van der Waals surface area contributed by atoms with Crippen LogP contribution in [0.25, 0.3) is 28.0 Å². The fourth-order valence-corrected chi connectivity index (χ4v) is 6.43. The summed E-state index contributed by atoms with van der Waals surface area (Å²) in [7, 11) is -4.84. The fourth-order valence-electron chi connectivity index (χ4n) is 5.77. The minimum absolute atomic E-state index is 0.0524. The molecule has 1 aromatic heterocycles. The zero-order valence-corrected chi connectivity index (χ0v) is 28.9. The normalized spacial score (nSPS) is 14.4. The maximum Gasteiger partial charge on any atom is 0.337 e. The average Bonchev–Trinajstić information content (AvgIpc) is 3.46. The summed E-state index contributed by atoms with van der Waals surface area (Å²) in [6, 6.07) is 31.2. The third-order valence-electron chi connectivity index (χ3n) is 8.42. The molecule has 0 spiro atoms. The van der Waals surface area contributed by atoms with Gasteiger partial charge in [0.25, 0.3) is 27.5 Å². The number of carboxylic acid groups (broad SMARTS) is 1. The minimum atomic E-state index is -4.84. The minimum Gasteiger partial charge on any atom is -0.478 e. The predicted octanol–water partition coefficient (Wildman–Crippen LogP) is 6.12. The van der Waals surface area contributed by atoms with Crippen molar-refractivity contribution in [2.75, 3.05) is 10.3 Å². The highest BCUT2D eigenvalue weighted by molar-refractivity contribution is 7.86. The topological polar surface area (TPSA) is 213 Å². The molecule has 2 amide bonds. The molecule has 16 heteroatoms. The van der Waals surface area contributed by atoms with Crippen molar-refractivity contribution >= 4 is 61.6 Å². The van der Waals surface area contributed by atoms with E-state index in [9.17, 15) is 37.3 Å². The smallest absolute Gasteiger partial charge is 0.337 e. The SMILES string of the molecule is CC1=NN(c2ccc(S(=O)(=O)O)c(C(=O)O)c2)C(=O)C1N=Nc1ccc(C(=O)Nc2ccc(-n3c(-c4ccccc4)nc4ccccc4c3=O)cc2)cc1. The molecule has 0 fully saturated rings. The van der Waals surface area contributed by atoms with Crippen molar-refractivity contribution in [2.45, 2.75) is 17.9 Å². The molecular weight excluding hydrogens is 715 g/mol. The van der Waals surface area contributed by atoms with Gasteiger partial charge in [-0.2, -0.15) is 28.8 Å². The van der Waals surface area contributed by atoms with Crippen molar-refractivity contribution in [2.24, 2.45) is 15.3 Å². The summed E-state index contributed by atoms with van der Waals surface area (Å²) in [5.74, 6) is -2.24. The third-order valence-corrected chi connectivity index (χ3v) is 9.33. The van der Waals surface area contributed by atoms with Gasteiger partial charge in [0, 0.05) is 16.8 Å². The zero-order valence-electron chi connectivity index (χ0n) is 28.1. The number of nitrogens with one attached hydrogen (secondary N) is 1. The Kier molecular flexibility index (Phi) is 9.20. The molecule has 1 atom stereocenters. The van der Waals surface area contributed by atoms with Gasteiger partial charge < -0.3 is 10.4 Å². The van der Waals surface area contributed by atoms with Gasteiger partial charge in [-0.05, 0) is 85.8 Å². The van der Waals surface area contributed by atoms with Crippen molar-refractivity contribution in [3.8, 4) is 17.1 Å². The number of benzene rings is 5. The summed E-state index contributed by atoms with van der Waals surface area (Å²) >= 11 is 0. The van der Waals surface area contributed by atoms with Crippen molar-refractivity contribution in [1.82, 2.24) is 9.55 Å². The number of hydrogen-bond acceptors (Lipinski definition) is 10. The molecule has 0 saturated carbocycles. The van der Waals surface area contributed by atoms with E-state index in [4.69, 9.17) is 4.98 Å². The van der Waals surface area contributed by atoms with E-state index in [1.54, 1.807) is 47.0 Å². The van der Waals surface area contributed by atoms with Crippen molar-refractivity contribution in [1.29, 1.82) is 0 Å². The Labute approximate surface area is 306 Å². The lowest BCUT2D eigenvalue weighted by Gasteiger charge is -2.14. The van der Waals surface area contributed by atoms with Crippen LogP contribution in [0, 0.1) is 0 Å². The van der Waals surface area contributed by atoms with Gasteiger partial charge in [0.2, 0.25) is 0 Å². The molecule has 7 rings (SSSR count). The molecule has 15 nitrogen and oxygen atoms in total. The lowest BCUT2D eigenvalue weighted by atomic mass is 10.1. The summed E-state index contributed by atoms with van der Waals surface area (Å²) < 4.78 is 34.1. The van der Waals surface area contributed by atoms with Crippen LogP contribution in [0.3, 0.4) is 0 Å². The third kappa shape index (κ3) is 6.89. The second kappa shape index (κ2) is 14.1. The average molecular weight is 742 g/mol. The van der Waals surface area contributed by atoms with E-state index in [-0.39, 0.29) is 17.0 Å². The van der Waals surface area contributed by atoms with E-state index in [1.165, 1.54) is 31.2 Å². The Hall–Kier alpha value is -7.17. The number of carboxylic acids is 1. The Morgan fingerprint density at radius 3 is 2.19 bits per heavy atom. The highest BCUT2D eigenvalue weighted by atomic mass is 32.2. The first-order valence-electron chi connectivity index (χ1n) is 16.1. The lowest BCUT2D eigenvalue weighted by molar-refractivity contribution is -0.117. The number of carbonyl (C=O) groups is 3. The van der Waals surface area contributed by atoms with Gasteiger partial charge in [-0.15, -0.1) is 0 Å². The Bertz CT molecular complexity index is 2710. The molecule has 0 saturated heterocycles. The van der Waals surface area contributed by atoms with Crippen molar-refractivity contribution < 1.29 is 32.5 Å². The molecule has 0 bridgehead atoms. The number of hydrogen-bond donors (Lipinski definition) is 3. The fraction of sp³-hybridized carbons (Fsp3) is 0.0526. The van der Waals surface area contributed by atoms with Gasteiger partial charge >= 0.3 is 5.97 Å². The number of aromatic carboxylic acids is 1. The highest BCUT2D eigenvalue weighted by Crippen LogP contribution is 2.28. The maximum atomic E-state index is 13.7. The molecule has 0 radical (unpaired) electrons. The number of aromatic nitrogens is 2. The first-order valence-corrected chi connectivity index (χ1v) is 17.6. The molecule has 1 aliphatic rings. The van der Waals surface area contributed by atoms with E-state index in [1.807, 2.05) is 36.4 Å². The predicted molar refractivity (Wildman–Crippen MR) is 199 cm³/mol. The van der Waals surface area contributed by atoms with E-state index in [0.29, 0.717) is 39.4 Å². The van der Waals surface area contributed by atoms with E-state index >= 15 is 0 Å². The van der Waals surface area contributed by atoms with E-state index in [2.05, 4.69) is 20.6 Å². The number of fused-ring (bicyclic) bond motifs is 1. The molecule has 54 heavy (non-hydrogen) atoms. The second-order valence-electron chi connectivity index (χ2n) is 12.0. The Morgan fingerprint density at radius 2 is 1.50 bits per heavy atom. The molecule has 1 aliphatic heterocycles. The molecule has 5 aromatic carbocycles. The van der Waals surface area contributed by atoms with E-state index in [0.717, 1.165) is 28.8 Å². The van der Waals surface area contributed by atoms with Crippen LogP contribution in [-0.2, 0) is 14.9 Å². The van der Waals surface area contributed by atoms with Gasteiger partial charge in [-0.3, -0.25) is 23.5 Å². The molecule has 3 N–H and O–H groups in total. The van der Waals surface area contributed by atoms with Crippen LogP contribution >= 0.6 is 0 Å². The zero-order chi connectivity index (χ0) is 38.1. The molecule has 1 unspecified atom stereocenters. The Morgan fingerprint density at radius 1 is 0.833 bits per heavy atom. The molecular formula is C38H27N7O8S. The van der Waals surface area contributed by atoms with Gasteiger partial charge in [0.15, 0.2) is 6.04 Å². The quantitative estimate of drug-likeness (QED) is 0.115. The van der Waals surface area contributed by atoms with Crippen molar-refractivity contribution in [3.63, 3.8) is 0 Å². The molecule has 6 aromatic rings. The summed E-state index contributed by atoms with van der Waals surface area (Å²) in [6.45, 7) is 1.52. The summed E-state index contributed by atoms with van der Waals surface area (Å²) in [6.07, 6.45) is 0. The Balaban J connectivity index is 1.04.